The van der Waals surface area contributed by atoms with Crippen LogP contribution in [0.3, 0.4) is 0 Å². The van der Waals surface area contributed by atoms with Crippen LogP contribution in [-0.4, -0.2) is 37.3 Å². The smallest absolute Gasteiger partial charge is 0.387 e. The number of ether oxygens (including phenoxy) is 2. The molecule has 1 heterocycles. The second-order valence-corrected chi connectivity index (χ2v) is 6.88. The Labute approximate surface area is 191 Å². The van der Waals surface area contributed by atoms with E-state index in [1.54, 1.807) is 30.4 Å². The topological polar surface area (TPSA) is 67.8 Å². The summed E-state index contributed by atoms with van der Waals surface area (Å²) in [6.45, 7) is 5.04. The SMILES string of the molecule is CCNC(=NCc1ccc(OC(F)F)c(OCC)c1)NCCc1csc(C)n1.I. The Morgan fingerprint density at radius 3 is 2.66 bits per heavy atom. The van der Waals surface area contributed by atoms with Gasteiger partial charge < -0.3 is 20.1 Å². The van der Waals surface area contributed by atoms with Crippen LogP contribution in [0.25, 0.3) is 0 Å². The van der Waals surface area contributed by atoms with E-state index >= 15 is 0 Å². The van der Waals surface area contributed by atoms with Crippen LogP contribution >= 0.6 is 35.3 Å². The van der Waals surface area contributed by atoms with Crippen LogP contribution in [0.1, 0.15) is 30.1 Å². The van der Waals surface area contributed by atoms with Crippen molar-refractivity contribution in [1.29, 1.82) is 0 Å². The van der Waals surface area contributed by atoms with Gasteiger partial charge in [0.15, 0.2) is 17.5 Å². The van der Waals surface area contributed by atoms with Gasteiger partial charge in [-0.2, -0.15) is 8.78 Å². The highest BCUT2D eigenvalue weighted by molar-refractivity contribution is 14.0. The summed E-state index contributed by atoms with van der Waals surface area (Å²) in [6.07, 6.45) is 0.808. The molecule has 0 bridgehead atoms. The van der Waals surface area contributed by atoms with E-state index in [1.165, 1.54) is 6.07 Å². The fourth-order valence-corrected chi connectivity index (χ4v) is 3.10. The van der Waals surface area contributed by atoms with Crippen LogP contribution in [0, 0.1) is 6.92 Å². The van der Waals surface area contributed by atoms with Gasteiger partial charge in [0.1, 0.15) is 0 Å². The molecule has 0 radical (unpaired) electrons. The first kappa shape index (κ1) is 25.3. The van der Waals surface area contributed by atoms with Gasteiger partial charge in [0.05, 0.1) is 23.9 Å². The Hall–Kier alpha value is -1.69. The molecule has 6 nitrogen and oxygen atoms in total. The summed E-state index contributed by atoms with van der Waals surface area (Å²) in [5, 5.41) is 9.57. The van der Waals surface area contributed by atoms with Gasteiger partial charge in [-0.3, -0.25) is 0 Å². The van der Waals surface area contributed by atoms with Gasteiger partial charge in [0.25, 0.3) is 0 Å². The van der Waals surface area contributed by atoms with Crippen LogP contribution in [0.4, 0.5) is 8.78 Å². The first-order chi connectivity index (χ1) is 13.5. The predicted octanol–water partition coefficient (Wildman–Crippen LogP) is 4.37. The molecular formula is C19H27F2IN4O2S. The van der Waals surface area contributed by atoms with Crippen molar-refractivity contribution in [1.82, 2.24) is 15.6 Å². The third-order valence-corrected chi connectivity index (χ3v) is 4.45. The minimum Gasteiger partial charge on any atom is -0.490 e. The average Bonchev–Trinajstić information content (AvgIpc) is 3.06. The Balaban J connectivity index is 0.00000420. The van der Waals surface area contributed by atoms with Gasteiger partial charge in [-0.15, -0.1) is 35.3 Å². The fourth-order valence-electron chi connectivity index (χ4n) is 2.46. The lowest BCUT2D eigenvalue weighted by molar-refractivity contribution is -0.0514. The molecule has 0 atom stereocenters. The molecular weight excluding hydrogens is 513 g/mol. The van der Waals surface area contributed by atoms with E-state index in [9.17, 15) is 8.78 Å². The quantitative estimate of drug-likeness (QED) is 0.266. The van der Waals surface area contributed by atoms with Gasteiger partial charge in [0, 0.05) is 24.9 Å². The van der Waals surface area contributed by atoms with Gasteiger partial charge in [0.2, 0.25) is 0 Å². The monoisotopic (exact) mass is 540 g/mol. The number of halogens is 3. The number of thiazole rings is 1. The molecule has 0 spiro atoms. The standard InChI is InChI=1S/C19H26F2N4O2S.HI/c1-4-22-19(23-9-8-15-12-28-13(3)25-15)24-11-14-6-7-16(27-18(20)21)17(10-14)26-5-2;/h6-7,10,12,18H,4-5,8-9,11H2,1-3H3,(H2,22,23,24);1H. The average molecular weight is 540 g/mol. The van der Waals surface area contributed by atoms with E-state index in [0.29, 0.717) is 25.7 Å². The van der Waals surface area contributed by atoms with Crippen LogP contribution in [-0.2, 0) is 13.0 Å². The second-order valence-electron chi connectivity index (χ2n) is 5.82. The van der Waals surface area contributed by atoms with Crippen LogP contribution in [0.5, 0.6) is 11.5 Å². The maximum atomic E-state index is 12.5. The Morgan fingerprint density at radius 1 is 1.24 bits per heavy atom. The van der Waals surface area contributed by atoms with Crippen molar-refractivity contribution in [2.45, 2.75) is 40.3 Å². The number of aryl methyl sites for hydroxylation is 1. The normalized spacial score (nSPS) is 11.2. The van der Waals surface area contributed by atoms with Crippen molar-refractivity contribution in [3.05, 3.63) is 39.8 Å². The number of hydrogen-bond donors (Lipinski definition) is 2. The molecule has 0 aliphatic heterocycles. The maximum Gasteiger partial charge on any atom is 0.387 e. The van der Waals surface area contributed by atoms with E-state index in [4.69, 9.17) is 4.74 Å². The molecule has 0 fully saturated rings. The number of nitrogens with zero attached hydrogens (tertiary/aromatic N) is 2. The van der Waals surface area contributed by atoms with Crippen molar-refractivity contribution >= 4 is 41.3 Å². The highest BCUT2D eigenvalue weighted by Crippen LogP contribution is 2.30. The van der Waals surface area contributed by atoms with Gasteiger partial charge in [-0.05, 0) is 38.5 Å². The van der Waals surface area contributed by atoms with Gasteiger partial charge >= 0.3 is 6.61 Å². The van der Waals surface area contributed by atoms with Crippen LogP contribution in [0.15, 0.2) is 28.6 Å². The van der Waals surface area contributed by atoms with Crippen molar-refractivity contribution in [2.24, 2.45) is 4.99 Å². The van der Waals surface area contributed by atoms with Crippen molar-refractivity contribution in [3.63, 3.8) is 0 Å². The summed E-state index contributed by atoms with van der Waals surface area (Å²) in [4.78, 5) is 8.99. The summed E-state index contributed by atoms with van der Waals surface area (Å²) in [6, 6.07) is 4.85. The minimum absolute atomic E-state index is 0. The Morgan fingerprint density at radius 2 is 2.03 bits per heavy atom. The summed E-state index contributed by atoms with van der Waals surface area (Å²) in [5.74, 6) is 0.987. The highest BCUT2D eigenvalue weighted by Gasteiger charge is 2.11. The number of nitrogens with one attached hydrogen (secondary N) is 2. The third-order valence-electron chi connectivity index (χ3n) is 3.63. The molecule has 162 valence electrons. The summed E-state index contributed by atoms with van der Waals surface area (Å²) >= 11 is 1.64. The Kier molecular flexibility index (Phi) is 11.8. The molecule has 2 aromatic rings. The zero-order valence-electron chi connectivity index (χ0n) is 16.7. The van der Waals surface area contributed by atoms with E-state index in [1.807, 2.05) is 13.8 Å². The molecule has 0 aliphatic carbocycles. The fraction of sp³-hybridized carbons (Fsp3) is 0.474. The van der Waals surface area contributed by atoms with E-state index < -0.39 is 6.61 Å². The molecule has 0 unspecified atom stereocenters. The van der Waals surface area contributed by atoms with Crippen LogP contribution < -0.4 is 20.1 Å². The minimum atomic E-state index is -2.89. The number of hydrogen-bond acceptors (Lipinski definition) is 5. The summed E-state index contributed by atoms with van der Waals surface area (Å²) in [5.41, 5.74) is 1.89. The van der Waals surface area contributed by atoms with Gasteiger partial charge in [-0.1, -0.05) is 6.07 Å². The number of aromatic nitrogens is 1. The number of benzene rings is 1. The molecule has 1 aromatic heterocycles. The molecule has 10 heteroatoms. The lowest BCUT2D eigenvalue weighted by atomic mass is 10.2. The molecule has 29 heavy (non-hydrogen) atoms. The zero-order valence-corrected chi connectivity index (χ0v) is 19.9. The van der Waals surface area contributed by atoms with E-state index in [0.717, 1.165) is 29.2 Å². The molecule has 0 amide bonds. The van der Waals surface area contributed by atoms with E-state index in [-0.39, 0.29) is 35.5 Å². The summed E-state index contributed by atoms with van der Waals surface area (Å²) < 4.78 is 34.9. The lowest BCUT2D eigenvalue weighted by Crippen LogP contribution is -2.38. The first-order valence-electron chi connectivity index (χ1n) is 9.15. The maximum absolute atomic E-state index is 12.5. The zero-order chi connectivity index (χ0) is 20.4. The molecule has 1 aromatic carbocycles. The van der Waals surface area contributed by atoms with Crippen molar-refractivity contribution in [3.8, 4) is 11.5 Å². The molecule has 0 saturated carbocycles. The number of alkyl halides is 2. The van der Waals surface area contributed by atoms with Crippen LogP contribution in [0.2, 0.25) is 0 Å². The molecule has 2 rings (SSSR count). The number of rotatable bonds is 10. The second kappa shape index (κ2) is 13.5. The number of aliphatic imine (C=N–C) groups is 1. The largest absolute Gasteiger partial charge is 0.490 e. The van der Waals surface area contributed by atoms with Crippen molar-refractivity contribution < 1.29 is 18.3 Å². The molecule has 0 saturated heterocycles. The number of guanidine groups is 1. The lowest BCUT2D eigenvalue weighted by Gasteiger charge is -2.13. The van der Waals surface area contributed by atoms with E-state index in [2.05, 4.69) is 30.7 Å². The van der Waals surface area contributed by atoms with Crippen molar-refractivity contribution in [2.75, 3.05) is 19.7 Å². The Bertz CT molecular complexity index is 774. The predicted molar refractivity (Wildman–Crippen MR) is 123 cm³/mol. The molecule has 2 N–H and O–H groups in total. The molecule has 0 aliphatic rings. The van der Waals surface area contributed by atoms with Gasteiger partial charge in [-0.25, -0.2) is 9.98 Å². The first-order valence-corrected chi connectivity index (χ1v) is 10.0. The third kappa shape index (κ3) is 9.11. The summed E-state index contributed by atoms with van der Waals surface area (Å²) in [7, 11) is 0. The highest BCUT2D eigenvalue weighted by atomic mass is 127.